The minimum atomic E-state index is -0.121. The predicted octanol–water partition coefficient (Wildman–Crippen LogP) is 5.88. The van der Waals surface area contributed by atoms with Gasteiger partial charge in [-0.3, -0.25) is 4.79 Å². The highest BCUT2D eigenvalue weighted by Crippen LogP contribution is 2.35. The minimum absolute atomic E-state index is 0.0890. The first-order chi connectivity index (χ1) is 13.2. The first kappa shape index (κ1) is 20.8. The highest BCUT2D eigenvalue weighted by atomic mass is 35.5. The molecule has 5 heteroatoms. The fourth-order valence-corrected chi connectivity index (χ4v) is 4.67. The summed E-state index contributed by atoms with van der Waals surface area (Å²) < 4.78 is 1.03. The Bertz CT molecular complexity index is 970. The third kappa shape index (κ3) is 4.40. The predicted molar refractivity (Wildman–Crippen MR) is 121 cm³/mol. The number of benzene rings is 2. The maximum absolute atomic E-state index is 12.8. The topological polar surface area (TPSA) is 32.3 Å². The van der Waals surface area contributed by atoms with E-state index in [-0.39, 0.29) is 17.4 Å². The van der Waals surface area contributed by atoms with Gasteiger partial charge in [0.25, 0.3) is 5.91 Å². The summed E-state index contributed by atoms with van der Waals surface area (Å²) in [7, 11) is 4.06. The van der Waals surface area contributed by atoms with Crippen LogP contribution in [0.15, 0.2) is 48.5 Å². The van der Waals surface area contributed by atoms with E-state index in [1.54, 1.807) is 0 Å². The zero-order valence-electron chi connectivity index (χ0n) is 17.0. The number of nitrogens with one attached hydrogen (secondary N) is 1. The van der Waals surface area contributed by atoms with Crippen molar-refractivity contribution in [1.29, 1.82) is 0 Å². The molecular weight excluding hydrogens is 388 g/mol. The number of likely N-dealkylation sites (N-methyl/N-ethyl adjacent to an activating group) is 1. The summed E-state index contributed by atoms with van der Waals surface area (Å²) in [5.41, 5.74) is 2.61. The van der Waals surface area contributed by atoms with E-state index in [1.165, 1.54) is 22.5 Å². The van der Waals surface area contributed by atoms with Crippen LogP contribution >= 0.6 is 22.9 Å². The molecule has 3 nitrogen and oxygen atoms in total. The molecule has 0 spiro atoms. The van der Waals surface area contributed by atoms with Gasteiger partial charge in [-0.2, -0.15) is 0 Å². The Morgan fingerprint density at radius 3 is 2.32 bits per heavy atom. The Labute approximate surface area is 176 Å². The first-order valence-corrected chi connectivity index (χ1v) is 10.6. The minimum Gasteiger partial charge on any atom is -0.349 e. The van der Waals surface area contributed by atoms with Crippen molar-refractivity contribution in [3.8, 4) is 0 Å². The number of hydrogen-bond donors (Lipinski definition) is 1. The third-order valence-electron chi connectivity index (χ3n) is 4.98. The second-order valence-corrected chi connectivity index (χ2v) is 9.73. The van der Waals surface area contributed by atoms with Gasteiger partial charge < -0.3 is 10.2 Å². The Balaban J connectivity index is 1.76. The summed E-state index contributed by atoms with van der Waals surface area (Å²) in [5.74, 6) is -0.121. The van der Waals surface area contributed by atoms with Crippen LogP contribution in [0.1, 0.15) is 47.6 Å². The molecule has 1 amide bonds. The molecule has 0 bridgehead atoms. The van der Waals surface area contributed by atoms with Crippen LogP contribution < -0.4 is 5.32 Å². The van der Waals surface area contributed by atoms with Crippen LogP contribution in [0.4, 0.5) is 0 Å². The van der Waals surface area contributed by atoms with Gasteiger partial charge in [-0.15, -0.1) is 11.3 Å². The molecule has 1 heterocycles. The summed E-state index contributed by atoms with van der Waals surface area (Å²) >= 11 is 7.88. The molecule has 0 saturated heterocycles. The summed E-state index contributed by atoms with van der Waals surface area (Å²) in [5, 5.41) is 4.54. The quantitative estimate of drug-likeness (QED) is 0.564. The molecular formula is C23H27ClN2OS. The average molecular weight is 415 g/mol. The zero-order valence-corrected chi connectivity index (χ0v) is 18.6. The van der Waals surface area contributed by atoms with Crippen molar-refractivity contribution >= 4 is 38.9 Å². The molecule has 0 radical (unpaired) electrons. The molecule has 0 saturated carbocycles. The number of amides is 1. The number of hydrogen-bond acceptors (Lipinski definition) is 3. The van der Waals surface area contributed by atoms with Gasteiger partial charge in [-0.25, -0.2) is 0 Å². The van der Waals surface area contributed by atoms with E-state index in [0.29, 0.717) is 16.4 Å². The molecule has 1 atom stereocenters. The van der Waals surface area contributed by atoms with Crippen molar-refractivity contribution in [1.82, 2.24) is 10.2 Å². The summed E-state index contributed by atoms with van der Waals surface area (Å²) in [6, 6.07) is 16.6. The lowest BCUT2D eigenvalue weighted by atomic mass is 9.86. The van der Waals surface area contributed by atoms with Crippen molar-refractivity contribution in [2.24, 2.45) is 0 Å². The van der Waals surface area contributed by atoms with E-state index in [9.17, 15) is 4.79 Å². The van der Waals surface area contributed by atoms with Crippen LogP contribution in [-0.4, -0.2) is 31.4 Å². The van der Waals surface area contributed by atoms with Gasteiger partial charge in [0.1, 0.15) is 4.88 Å². The van der Waals surface area contributed by atoms with Gasteiger partial charge in [0.15, 0.2) is 0 Å². The third-order valence-corrected chi connectivity index (χ3v) is 6.66. The number of carbonyl (C=O) groups is 1. The fraction of sp³-hybridized carbons (Fsp3) is 0.348. The van der Waals surface area contributed by atoms with E-state index in [4.69, 9.17) is 11.6 Å². The molecule has 148 valence electrons. The second-order valence-electron chi connectivity index (χ2n) is 8.30. The number of thiophene rings is 1. The lowest BCUT2D eigenvalue weighted by molar-refractivity contribution is 0.0946. The second kappa shape index (κ2) is 8.24. The van der Waals surface area contributed by atoms with Crippen molar-refractivity contribution in [2.45, 2.75) is 32.2 Å². The number of fused-ring (bicyclic) bond motifs is 1. The standard InChI is InChI=1S/C23H27ClN2OS/c1-23(2,3)16-12-10-15(11-13-16)18(26(4)5)14-25-22(27)21-20(24)17-8-6-7-9-19(17)28-21/h6-13,18H,14H2,1-5H3,(H,25,27). The SMILES string of the molecule is CN(C)C(CNC(=O)c1sc2ccccc2c1Cl)c1ccc(C(C)(C)C)cc1. The summed E-state index contributed by atoms with van der Waals surface area (Å²) in [6.07, 6.45) is 0. The Kier molecular flexibility index (Phi) is 6.13. The van der Waals surface area contributed by atoms with Gasteiger partial charge >= 0.3 is 0 Å². The highest BCUT2D eigenvalue weighted by molar-refractivity contribution is 7.21. The van der Waals surface area contributed by atoms with Crippen LogP contribution in [0.5, 0.6) is 0 Å². The van der Waals surface area contributed by atoms with Crippen molar-refractivity contribution in [3.63, 3.8) is 0 Å². The zero-order chi connectivity index (χ0) is 20.5. The average Bonchev–Trinajstić information content (AvgIpc) is 2.98. The molecule has 28 heavy (non-hydrogen) atoms. The normalized spacial score (nSPS) is 13.1. The maximum Gasteiger partial charge on any atom is 0.262 e. The van der Waals surface area contributed by atoms with Crippen LogP contribution in [0.3, 0.4) is 0 Å². The largest absolute Gasteiger partial charge is 0.349 e. The number of carbonyl (C=O) groups excluding carboxylic acids is 1. The van der Waals surface area contributed by atoms with E-state index in [0.717, 1.165) is 10.1 Å². The molecule has 3 aromatic rings. The molecule has 1 N–H and O–H groups in total. The summed E-state index contributed by atoms with van der Waals surface area (Å²) in [6.45, 7) is 7.15. The molecule has 0 aliphatic rings. The molecule has 0 aliphatic carbocycles. The van der Waals surface area contributed by atoms with Crippen LogP contribution in [-0.2, 0) is 5.41 Å². The molecule has 2 aromatic carbocycles. The molecule has 1 aromatic heterocycles. The lowest BCUT2D eigenvalue weighted by Crippen LogP contribution is -2.34. The van der Waals surface area contributed by atoms with Crippen LogP contribution in [0.2, 0.25) is 5.02 Å². The van der Waals surface area contributed by atoms with E-state index < -0.39 is 0 Å². The van der Waals surface area contributed by atoms with E-state index in [2.05, 4.69) is 55.3 Å². The monoisotopic (exact) mass is 414 g/mol. The van der Waals surface area contributed by atoms with Crippen LogP contribution in [0.25, 0.3) is 10.1 Å². The smallest absolute Gasteiger partial charge is 0.262 e. The Morgan fingerprint density at radius 1 is 1.11 bits per heavy atom. The van der Waals surface area contributed by atoms with Gasteiger partial charge in [-0.1, -0.05) is 74.8 Å². The summed E-state index contributed by atoms with van der Waals surface area (Å²) in [4.78, 5) is 15.5. The Morgan fingerprint density at radius 2 is 1.75 bits per heavy atom. The van der Waals surface area contributed by atoms with Gasteiger partial charge in [0, 0.05) is 16.6 Å². The van der Waals surface area contributed by atoms with Crippen molar-refractivity contribution < 1.29 is 4.79 Å². The van der Waals surface area contributed by atoms with Crippen molar-refractivity contribution in [3.05, 3.63) is 69.6 Å². The van der Waals surface area contributed by atoms with Crippen molar-refractivity contribution in [2.75, 3.05) is 20.6 Å². The molecule has 0 aliphatic heterocycles. The maximum atomic E-state index is 12.8. The fourth-order valence-electron chi connectivity index (χ4n) is 3.23. The molecule has 1 unspecified atom stereocenters. The van der Waals surface area contributed by atoms with Gasteiger partial charge in [-0.05, 0) is 36.7 Å². The van der Waals surface area contributed by atoms with Crippen LogP contribution in [0, 0.1) is 0 Å². The lowest BCUT2D eigenvalue weighted by Gasteiger charge is -2.26. The number of nitrogens with zero attached hydrogens (tertiary/aromatic N) is 1. The number of rotatable bonds is 5. The van der Waals surface area contributed by atoms with Gasteiger partial charge in [0.2, 0.25) is 0 Å². The first-order valence-electron chi connectivity index (χ1n) is 9.40. The number of halogens is 1. The molecule has 3 rings (SSSR count). The highest BCUT2D eigenvalue weighted by Gasteiger charge is 2.21. The Hall–Kier alpha value is -1.88. The van der Waals surface area contributed by atoms with E-state index in [1.807, 2.05) is 38.4 Å². The molecule has 0 fully saturated rings. The van der Waals surface area contributed by atoms with E-state index >= 15 is 0 Å². The van der Waals surface area contributed by atoms with Gasteiger partial charge in [0.05, 0.1) is 11.1 Å².